The van der Waals surface area contributed by atoms with E-state index in [1.54, 1.807) is 0 Å². The minimum Gasteiger partial charge on any atom is -0.371 e. The molecule has 0 unspecified atom stereocenters. The van der Waals surface area contributed by atoms with Gasteiger partial charge in [0.2, 0.25) is 5.91 Å². The largest absolute Gasteiger partial charge is 0.371 e. The van der Waals surface area contributed by atoms with Gasteiger partial charge < -0.3 is 9.64 Å². The Morgan fingerprint density at radius 3 is 2.93 bits per heavy atom. The van der Waals surface area contributed by atoms with Gasteiger partial charge in [0.25, 0.3) is 0 Å². The summed E-state index contributed by atoms with van der Waals surface area (Å²) in [4.78, 5) is 13.7. The van der Waals surface area contributed by atoms with Crippen molar-refractivity contribution < 1.29 is 9.53 Å². The van der Waals surface area contributed by atoms with Crippen LogP contribution in [0.4, 0.5) is 5.69 Å². The third-order valence-corrected chi connectivity index (χ3v) is 2.98. The molecule has 1 saturated heterocycles. The second-order valence-corrected chi connectivity index (χ2v) is 4.09. The molecule has 2 aliphatic rings. The maximum absolute atomic E-state index is 11.8. The number of hydrogen-bond donors (Lipinski definition) is 0. The number of aryl methyl sites for hydroxylation is 1. The van der Waals surface area contributed by atoms with E-state index in [0.29, 0.717) is 6.42 Å². The molecule has 15 heavy (non-hydrogen) atoms. The standard InChI is InChI=1S/C12H13NO2/c14-12-6-5-9-3-1-2-4-11(9)13(12)7-10-8-15-10/h1-4,10H,5-8H2/t10-/m0/s1. The van der Waals surface area contributed by atoms with Crippen LogP contribution in [0.3, 0.4) is 0 Å². The van der Waals surface area contributed by atoms with Crippen LogP contribution in [0, 0.1) is 0 Å². The van der Waals surface area contributed by atoms with Gasteiger partial charge in [-0.3, -0.25) is 4.79 Å². The molecular formula is C12H13NO2. The maximum Gasteiger partial charge on any atom is 0.227 e. The fourth-order valence-corrected chi connectivity index (χ4v) is 2.07. The topological polar surface area (TPSA) is 32.8 Å². The summed E-state index contributed by atoms with van der Waals surface area (Å²) in [6.45, 7) is 1.52. The first-order chi connectivity index (χ1) is 7.34. The zero-order chi connectivity index (χ0) is 10.3. The maximum atomic E-state index is 11.8. The Morgan fingerprint density at radius 1 is 1.33 bits per heavy atom. The van der Waals surface area contributed by atoms with Crippen LogP contribution in [-0.4, -0.2) is 25.2 Å². The van der Waals surface area contributed by atoms with Gasteiger partial charge in [-0.2, -0.15) is 0 Å². The van der Waals surface area contributed by atoms with Gasteiger partial charge in [-0.05, 0) is 18.1 Å². The fraction of sp³-hybridized carbons (Fsp3) is 0.417. The Hall–Kier alpha value is -1.35. The van der Waals surface area contributed by atoms with E-state index in [0.717, 1.165) is 25.3 Å². The van der Waals surface area contributed by atoms with Gasteiger partial charge in [0.1, 0.15) is 0 Å². The molecule has 3 heteroatoms. The second kappa shape index (κ2) is 3.35. The molecule has 78 valence electrons. The lowest BCUT2D eigenvalue weighted by molar-refractivity contribution is -0.119. The molecule has 0 bridgehead atoms. The number of carbonyl (C=O) groups is 1. The van der Waals surface area contributed by atoms with E-state index >= 15 is 0 Å². The number of para-hydroxylation sites is 1. The highest BCUT2D eigenvalue weighted by atomic mass is 16.6. The molecule has 1 fully saturated rings. The Labute approximate surface area is 88.6 Å². The molecular weight excluding hydrogens is 190 g/mol. The minimum absolute atomic E-state index is 0.226. The summed E-state index contributed by atoms with van der Waals surface area (Å²) < 4.78 is 5.18. The monoisotopic (exact) mass is 203 g/mol. The number of carbonyl (C=O) groups excluding carboxylic acids is 1. The highest BCUT2D eigenvalue weighted by Gasteiger charge is 2.31. The number of benzene rings is 1. The molecule has 1 aromatic carbocycles. The van der Waals surface area contributed by atoms with Crippen molar-refractivity contribution in [2.45, 2.75) is 18.9 Å². The van der Waals surface area contributed by atoms with Gasteiger partial charge in [0.15, 0.2) is 0 Å². The Bertz CT molecular complexity index is 398. The molecule has 0 aliphatic carbocycles. The number of anilines is 1. The van der Waals surface area contributed by atoms with E-state index < -0.39 is 0 Å². The molecule has 2 heterocycles. The highest BCUT2D eigenvalue weighted by Crippen LogP contribution is 2.28. The molecule has 1 amide bonds. The average molecular weight is 203 g/mol. The molecule has 3 rings (SSSR count). The Balaban J connectivity index is 1.93. The summed E-state index contributed by atoms with van der Waals surface area (Å²) in [5.74, 6) is 0.226. The highest BCUT2D eigenvalue weighted by molar-refractivity contribution is 5.96. The first-order valence-electron chi connectivity index (χ1n) is 5.34. The number of rotatable bonds is 2. The molecule has 1 atom stereocenters. The number of hydrogen-bond acceptors (Lipinski definition) is 2. The minimum atomic E-state index is 0.226. The van der Waals surface area contributed by atoms with Crippen LogP contribution < -0.4 is 4.90 Å². The molecule has 0 saturated carbocycles. The van der Waals surface area contributed by atoms with Crippen molar-refractivity contribution in [3.63, 3.8) is 0 Å². The lowest BCUT2D eigenvalue weighted by Gasteiger charge is -2.28. The zero-order valence-electron chi connectivity index (χ0n) is 8.48. The van der Waals surface area contributed by atoms with Gasteiger partial charge >= 0.3 is 0 Å². The number of amides is 1. The Kier molecular flexibility index (Phi) is 1.99. The smallest absolute Gasteiger partial charge is 0.227 e. The van der Waals surface area contributed by atoms with Crippen LogP contribution in [0.2, 0.25) is 0 Å². The molecule has 0 radical (unpaired) electrons. The number of ether oxygens (including phenoxy) is 1. The summed E-state index contributed by atoms with van der Waals surface area (Å²) >= 11 is 0. The second-order valence-electron chi connectivity index (χ2n) is 4.09. The van der Waals surface area contributed by atoms with E-state index in [4.69, 9.17) is 4.74 Å². The summed E-state index contributed by atoms with van der Waals surface area (Å²) in [5, 5.41) is 0. The van der Waals surface area contributed by atoms with Crippen molar-refractivity contribution >= 4 is 11.6 Å². The third kappa shape index (κ3) is 1.63. The lowest BCUT2D eigenvalue weighted by atomic mass is 10.0. The number of nitrogens with zero attached hydrogens (tertiary/aromatic N) is 1. The molecule has 2 aliphatic heterocycles. The fourth-order valence-electron chi connectivity index (χ4n) is 2.07. The summed E-state index contributed by atoms with van der Waals surface area (Å²) in [5.41, 5.74) is 2.35. The third-order valence-electron chi connectivity index (χ3n) is 2.98. The SMILES string of the molecule is O=C1CCc2ccccc2N1C[C@H]1CO1. The van der Waals surface area contributed by atoms with E-state index in [9.17, 15) is 4.79 Å². The van der Waals surface area contributed by atoms with Gasteiger partial charge in [-0.15, -0.1) is 0 Å². The van der Waals surface area contributed by atoms with Gasteiger partial charge in [0, 0.05) is 12.1 Å². The Morgan fingerprint density at radius 2 is 2.13 bits per heavy atom. The predicted molar refractivity (Wildman–Crippen MR) is 56.9 cm³/mol. The normalized spacial score (nSPS) is 23.9. The van der Waals surface area contributed by atoms with Gasteiger partial charge in [-0.25, -0.2) is 0 Å². The van der Waals surface area contributed by atoms with Gasteiger partial charge in [0.05, 0.1) is 19.3 Å². The van der Waals surface area contributed by atoms with Crippen LogP contribution in [0.25, 0.3) is 0 Å². The van der Waals surface area contributed by atoms with Crippen molar-refractivity contribution in [2.75, 3.05) is 18.1 Å². The van der Waals surface area contributed by atoms with Crippen molar-refractivity contribution in [3.8, 4) is 0 Å². The average Bonchev–Trinajstić information content (AvgIpc) is 3.06. The summed E-state index contributed by atoms with van der Waals surface area (Å²) in [6, 6.07) is 8.13. The number of epoxide rings is 1. The molecule has 0 N–H and O–H groups in total. The van der Waals surface area contributed by atoms with Gasteiger partial charge in [-0.1, -0.05) is 18.2 Å². The van der Waals surface area contributed by atoms with Crippen LogP contribution in [0.5, 0.6) is 0 Å². The number of fused-ring (bicyclic) bond motifs is 1. The van der Waals surface area contributed by atoms with Crippen LogP contribution in [0.1, 0.15) is 12.0 Å². The first kappa shape index (κ1) is 8.92. The molecule has 3 nitrogen and oxygen atoms in total. The molecule has 0 spiro atoms. The van der Waals surface area contributed by atoms with E-state index in [1.807, 2.05) is 23.1 Å². The quantitative estimate of drug-likeness (QED) is 0.680. The van der Waals surface area contributed by atoms with E-state index in [2.05, 4.69) is 6.07 Å². The first-order valence-corrected chi connectivity index (χ1v) is 5.34. The van der Waals surface area contributed by atoms with E-state index in [1.165, 1.54) is 5.56 Å². The zero-order valence-corrected chi connectivity index (χ0v) is 8.48. The van der Waals surface area contributed by atoms with Crippen molar-refractivity contribution in [1.29, 1.82) is 0 Å². The van der Waals surface area contributed by atoms with Crippen molar-refractivity contribution in [2.24, 2.45) is 0 Å². The van der Waals surface area contributed by atoms with Crippen LogP contribution in [0.15, 0.2) is 24.3 Å². The van der Waals surface area contributed by atoms with Crippen LogP contribution >= 0.6 is 0 Å². The van der Waals surface area contributed by atoms with E-state index in [-0.39, 0.29) is 12.0 Å². The lowest BCUT2D eigenvalue weighted by Crippen LogP contribution is -2.37. The van der Waals surface area contributed by atoms with Crippen molar-refractivity contribution in [3.05, 3.63) is 29.8 Å². The summed E-state index contributed by atoms with van der Waals surface area (Å²) in [7, 11) is 0. The molecule has 0 aromatic heterocycles. The molecule has 1 aromatic rings. The summed E-state index contributed by atoms with van der Waals surface area (Å²) in [6.07, 6.45) is 1.76. The van der Waals surface area contributed by atoms with Crippen LogP contribution in [-0.2, 0) is 16.0 Å². The predicted octanol–water partition coefficient (Wildman–Crippen LogP) is 1.36. The van der Waals surface area contributed by atoms with Crippen molar-refractivity contribution in [1.82, 2.24) is 0 Å².